The van der Waals surface area contributed by atoms with Crippen molar-refractivity contribution in [3.8, 4) is 5.75 Å². The zero-order valence-electron chi connectivity index (χ0n) is 15.0. The summed E-state index contributed by atoms with van der Waals surface area (Å²) in [7, 11) is 1.64. The summed E-state index contributed by atoms with van der Waals surface area (Å²) in [6.07, 6.45) is 0.907. The van der Waals surface area contributed by atoms with Crippen molar-refractivity contribution in [1.82, 2.24) is 10.2 Å². The van der Waals surface area contributed by atoms with Gasteiger partial charge in [-0.1, -0.05) is 53.2 Å². The topological polar surface area (TPSA) is 41.6 Å². The van der Waals surface area contributed by atoms with Gasteiger partial charge in [-0.15, -0.1) is 0 Å². The van der Waals surface area contributed by atoms with Crippen molar-refractivity contribution in [2.24, 2.45) is 0 Å². The van der Waals surface area contributed by atoms with Gasteiger partial charge in [0.05, 0.1) is 13.2 Å². The van der Waals surface area contributed by atoms with Crippen LogP contribution in [0.2, 0.25) is 0 Å². The summed E-state index contributed by atoms with van der Waals surface area (Å²) in [6, 6.07) is 15.7. The van der Waals surface area contributed by atoms with E-state index < -0.39 is 0 Å². The summed E-state index contributed by atoms with van der Waals surface area (Å²) in [5.41, 5.74) is 2.15. The lowest BCUT2D eigenvalue weighted by Crippen LogP contribution is -2.41. The number of amides is 2. The first-order chi connectivity index (χ1) is 12.1. The summed E-state index contributed by atoms with van der Waals surface area (Å²) >= 11 is 3.58. The molecule has 1 atom stereocenters. The second-order valence-electron chi connectivity index (χ2n) is 5.90. The van der Waals surface area contributed by atoms with Gasteiger partial charge in [-0.2, -0.15) is 0 Å². The molecule has 0 spiro atoms. The molecular formula is C20H25BrN2O2. The molecule has 0 heterocycles. The van der Waals surface area contributed by atoms with Crippen LogP contribution in [-0.4, -0.2) is 24.6 Å². The third-order valence-electron chi connectivity index (χ3n) is 4.15. The molecule has 2 aromatic carbocycles. The van der Waals surface area contributed by atoms with E-state index in [1.165, 1.54) is 0 Å². The number of hydrogen-bond donors (Lipinski definition) is 1. The lowest BCUT2D eigenvalue weighted by atomic mass is 10.1. The fourth-order valence-corrected chi connectivity index (χ4v) is 3.33. The molecule has 0 saturated heterocycles. The Hall–Kier alpha value is -2.01. The molecule has 0 radical (unpaired) electrons. The van der Waals surface area contributed by atoms with Crippen LogP contribution in [0.4, 0.5) is 4.79 Å². The number of benzene rings is 2. The van der Waals surface area contributed by atoms with Crippen LogP contribution in [0.3, 0.4) is 0 Å². The second-order valence-corrected chi connectivity index (χ2v) is 6.75. The highest BCUT2D eigenvalue weighted by atomic mass is 79.9. The molecule has 0 bridgehead atoms. The zero-order chi connectivity index (χ0) is 18.2. The fourth-order valence-electron chi connectivity index (χ4n) is 2.72. The van der Waals surface area contributed by atoms with E-state index in [2.05, 4.69) is 35.1 Å². The third kappa shape index (κ3) is 5.23. The molecule has 0 aromatic heterocycles. The maximum atomic E-state index is 12.7. The Kier molecular flexibility index (Phi) is 7.31. The van der Waals surface area contributed by atoms with Gasteiger partial charge in [0, 0.05) is 17.6 Å². The van der Waals surface area contributed by atoms with Gasteiger partial charge in [-0.05, 0) is 42.7 Å². The second kappa shape index (κ2) is 9.47. The van der Waals surface area contributed by atoms with Gasteiger partial charge in [0.15, 0.2) is 0 Å². The van der Waals surface area contributed by atoms with E-state index in [-0.39, 0.29) is 12.1 Å². The zero-order valence-corrected chi connectivity index (χ0v) is 16.5. The average Bonchev–Trinajstić information content (AvgIpc) is 2.64. The summed E-state index contributed by atoms with van der Waals surface area (Å²) in [5, 5.41) is 3.02. The number of urea groups is 1. The van der Waals surface area contributed by atoms with Crippen molar-refractivity contribution >= 4 is 22.0 Å². The maximum Gasteiger partial charge on any atom is 0.318 e. The molecule has 134 valence electrons. The van der Waals surface area contributed by atoms with Crippen molar-refractivity contribution in [2.45, 2.75) is 32.9 Å². The average molecular weight is 405 g/mol. The SMILES string of the molecule is CCCN(C(=O)NCc1ccc(OC)cc1)[C@@H](C)c1ccccc1Br. The monoisotopic (exact) mass is 404 g/mol. The van der Waals surface area contributed by atoms with E-state index in [0.717, 1.165) is 27.8 Å². The number of halogens is 1. The number of methoxy groups -OCH3 is 1. The Morgan fingerprint density at radius 3 is 2.48 bits per heavy atom. The van der Waals surface area contributed by atoms with Gasteiger partial charge in [0.1, 0.15) is 5.75 Å². The van der Waals surface area contributed by atoms with Gasteiger partial charge < -0.3 is 15.0 Å². The molecule has 2 rings (SSSR count). The number of nitrogens with one attached hydrogen (secondary N) is 1. The first-order valence-electron chi connectivity index (χ1n) is 8.48. The van der Waals surface area contributed by atoms with Crippen LogP contribution in [0.5, 0.6) is 5.75 Å². The Morgan fingerprint density at radius 1 is 1.20 bits per heavy atom. The van der Waals surface area contributed by atoms with Crippen LogP contribution in [0.1, 0.15) is 37.4 Å². The van der Waals surface area contributed by atoms with Gasteiger partial charge in [-0.3, -0.25) is 0 Å². The highest BCUT2D eigenvalue weighted by Gasteiger charge is 2.21. The van der Waals surface area contributed by atoms with Gasteiger partial charge in [-0.25, -0.2) is 4.79 Å². The Balaban J connectivity index is 2.05. The fraction of sp³-hybridized carbons (Fsp3) is 0.350. The van der Waals surface area contributed by atoms with E-state index in [1.54, 1.807) is 7.11 Å². The standard InChI is InChI=1S/C20H25BrN2O2/c1-4-13-23(15(2)18-7-5-6-8-19(18)21)20(24)22-14-16-9-11-17(25-3)12-10-16/h5-12,15H,4,13-14H2,1-3H3,(H,22,24)/t15-/m0/s1. The molecule has 25 heavy (non-hydrogen) atoms. The summed E-state index contributed by atoms with van der Waals surface area (Å²) in [4.78, 5) is 14.6. The van der Waals surface area contributed by atoms with Gasteiger partial charge in [0.25, 0.3) is 0 Å². The molecule has 0 aliphatic rings. The van der Waals surface area contributed by atoms with Crippen LogP contribution in [0.15, 0.2) is 53.0 Å². The number of carbonyl (C=O) groups excluding carboxylic acids is 1. The molecule has 0 aliphatic heterocycles. The summed E-state index contributed by atoms with van der Waals surface area (Å²) < 4.78 is 6.18. The van der Waals surface area contributed by atoms with Crippen molar-refractivity contribution in [3.05, 3.63) is 64.1 Å². The van der Waals surface area contributed by atoms with E-state index in [1.807, 2.05) is 53.4 Å². The molecule has 0 fully saturated rings. The molecule has 2 aromatic rings. The molecule has 0 aliphatic carbocycles. The summed E-state index contributed by atoms with van der Waals surface area (Å²) in [5.74, 6) is 0.810. The number of carbonyl (C=O) groups is 1. The maximum absolute atomic E-state index is 12.7. The van der Waals surface area contributed by atoms with Crippen LogP contribution < -0.4 is 10.1 Å². The molecule has 1 N–H and O–H groups in total. The largest absolute Gasteiger partial charge is 0.497 e. The van der Waals surface area contributed by atoms with Gasteiger partial charge in [0.2, 0.25) is 0 Å². The first-order valence-corrected chi connectivity index (χ1v) is 9.28. The molecule has 5 heteroatoms. The molecular weight excluding hydrogens is 380 g/mol. The normalized spacial score (nSPS) is 11.7. The Bertz CT molecular complexity index is 688. The smallest absolute Gasteiger partial charge is 0.318 e. The highest BCUT2D eigenvalue weighted by Crippen LogP contribution is 2.27. The van der Waals surface area contributed by atoms with Crippen LogP contribution in [0.25, 0.3) is 0 Å². The van der Waals surface area contributed by atoms with Crippen LogP contribution >= 0.6 is 15.9 Å². The predicted octanol–water partition coefficient (Wildman–Crippen LogP) is 5.14. The highest BCUT2D eigenvalue weighted by molar-refractivity contribution is 9.10. The molecule has 4 nitrogen and oxygen atoms in total. The minimum atomic E-state index is -0.0547. The van der Waals surface area contributed by atoms with E-state index in [4.69, 9.17) is 4.74 Å². The number of hydrogen-bond acceptors (Lipinski definition) is 2. The molecule has 0 saturated carbocycles. The van der Waals surface area contributed by atoms with Crippen molar-refractivity contribution in [1.29, 1.82) is 0 Å². The van der Waals surface area contributed by atoms with E-state index in [0.29, 0.717) is 13.1 Å². The molecule has 2 amide bonds. The van der Waals surface area contributed by atoms with E-state index in [9.17, 15) is 4.79 Å². The third-order valence-corrected chi connectivity index (χ3v) is 4.87. The number of nitrogens with zero attached hydrogens (tertiary/aromatic N) is 1. The number of ether oxygens (including phenoxy) is 1. The van der Waals surface area contributed by atoms with Crippen LogP contribution in [-0.2, 0) is 6.54 Å². The number of rotatable bonds is 7. The lowest BCUT2D eigenvalue weighted by Gasteiger charge is -2.30. The molecule has 0 unspecified atom stereocenters. The predicted molar refractivity (Wildman–Crippen MR) is 105 cm³/mol. The minimum Gasteiger partial charge on any atom is -0.497 e. The lowest BCUT2D eigenvalue weighted by molar-refractivity contribution is 0.178. The van der Waals surface area contributed by atoms with E-state index >= 15 is 0 Å². The van der Waals surface area contributed by atoms with Crippen molar-refractivity contribution in [2.75, 3.05) is 13.7 Å². The van der Waals surface area contributed by atoms with Gasteiger partial charge >= 0.3 is 6.03 Å². The quantitative estimate of drug-likeness (QED) is 0.693. The summed E-state index contributed by atoms with van der Waals surface area (Å²) in [6.45, 7) is 5.34. The first kappa shape index (κ1) is 19.3. The minimum absolute atomic E-state index is 0.00797. The van der Waals surface area contributed by atoms with Crippen LogP contribution in [0, 0.1) is 0 Å². The Morgan fingerprint density at radius 2 is 1.88 bits per heavy atom. The Labute approximate surface area is 158 Å². The van der Waals surface area contributed by atoms with Crippen molar-refractivity contribution in [3.63, 3.8) is 0 Å². The van der Waals surface area contributed by atoms with Crippen molar-refractivity contribution < 1.29 is 9.53 Å².